The summed E-state index contributed by atoms with van der Waals surface area (Å²) >= 11 is 0. The Morgan fingerprint density at radius 2 is 2.00 bits per heavy atom. The normalized spacial score (nSPS) is 14.5. The molecule has 0 aromatic carbocycles. The lowest BCUT2D eigenvalue weighted by Crippen LogP contribution is -2.41. The molecule has 88 valence electrons. The SMILES string of the molecule is C#CCCC(NCC)C(CCC)OCC. The standard InChI is InChI=1S/C13H25NO/c1-5-9-11-12(14-7-3)13(10-6-2)15-8-4/h1,12-14H,6-11H2,2-4H3. The van der Waals surface area contributed by atoms with Crippen molar-refractivity contribution < 1.29 is 4.74 Å². The van der Waals surface area contributed by atoms with Crippen molar-refractivity contribution in [2.75, 3.05) is 13.2 Å². The summed E-state index contributed by atoms with van der Waals surface area (Å²) in [4.78, 5) is 0. The van der Waals surface area contributed by atoms with Crippen LogP contribution in [0.15, 0.2) is 0 Å². The van der Waals surface area contributed by atoms with E-state index in [4.69, 9.17) is 11.2 Å². The van der Waals surface area contributed by atoms with Gasteiger partial charge in [0.15, 0.2) is 0 Å². The maximum atomic E-state index is 5.76. The van der Waals surface area contributed by atoms with E-state index in [1.54, 1.807) is 0 Å². The summed E-state index contributed by atoms with van der Waals surface area (Å²) < 4.78 is 5.76. The fourth-order valence-corrected chi connectivity index (χ4v) is 1.82. The van der Waals surface area contributed by atoms with Crippen molar-refractivity contribution in [2.45, 2.75) is 58.6 Å². The molecule has 1 N–H and O–H groups in total. The molecular formula is C13H25NO. The Labute approximate surface area is 94.8 Å². The smallest absolute Gasteiger partial charge is 0.0728 e. The second kappa shape index (κ2) is 10.0. The summed E-state index contributed by atoms with van der Waals surface area (Å²) in [6, 6.07) is 0.408. The average Bonchev–Trinajstić information content (AvgIpc) is 2.24. The van der Waals surface area contributed by atoms with E-state index in [0.29, 0.717) is 12.1 Å². The first-order chi connectivity index (χ1) is 7.29. The van der Waals surface area contributed by atoms with Crippen LogP contribution in [0.2, 0.25) is 0 Å². The molecule has 0 rings (SSSR count). The van der Waals surface area contributed by atoms with Gasteiger partial charge in [-0.15, -0.1) is 12.3 Å². The van der Waals surface area contributed by atoms with Gasteiger partial charge in [-0.2, -0.15) is 0 Å². The van der Waals surface area contributed by atoms with Gasteiger partial charge < -0.3 is 10.1 Å². The van der Waals surface area contributed by atoms with Crippen LogP contribution in [0.5, 0.6) is 0 Å². The quantitative estimate of drug-likeness (QED) is 0.592. The molecule has 0 aliphatic rings. The topological polar surface area (TPSA) is 21.3 Å². The van der Waals surface area contributed by atoms with Gasteiger partial charge in [-0.25, -0.2) is 0 Å². The largest absolute Gasteiger partial charge is 0.377 e. The van der Waals surface area contributed by atoms with Gasteiger partial charge in [-0.05, 0) is 26.3 Å². The Morgan fingerprint density at radius 3 is 2.47 bits per heavy atom. The van der Waals surface area contributed by atoms with Crippen LogP contribution in [0.4, 0.5) is 0 Å². The van der Waals surface area contributed by atoms with E-state index < -0.39 is 0 Å². The Bertz CT molecular complexity index is 168. The van der Waals surface area contributed by atoms with Gasteiger partial charge in [-0.1, -0.05) is 20.3 Å². The van der Waals surface area contributed by atoms with E-state index in [9.17, 15) is 0 Å². The maximum absolute atomic E-state index is 5.76. The van der Waals surface area contributed by atoms with Crippen molar-refractivity contribution >= 4 is 0 Å². The zero-order chi connectivity index (χ0) is 11.5. The van der Waals surface area contributed by atoms with E-state index in [-0.39, 0.29) is 0 Å². The van der Waals surface area contributed by atoms with E-state index in [1.807, 2.05) is 6.92 Å². The second-order valence-corrected chi connectivity index (χ2v) is 3.69. The maximum Gasteiger partial charge on any atom is 0.0728 e. The molecular weight excluding hydrogens is 186 g/mol. The Hall–Kier alpha value is -0.520. The molecule has 0 spiro atoms. The predicted octanol–water partition coefficient (Wildman–Crippen LogP) is 2.58. The van der Waals surface area contributed by atoms with Crippen LogP contribution in [-0.2, 0) is 4.74 Å². The van der Waals surface area contributed by atoms with Crippen molar-refractivity contribution in [3.63, 3.8) is 0 Å². The summed E-state index contributed by atoms with van der Waals surface area (Å²) in [7, 11) is 0. The number of rotatable bonds is 9. The molecule has 0 saturated heterocycles. The summed E-state index contributed by atoms with van der Waals surface area (Å²) in [6.45, 7) is 8.12. The molecule has 2 nitrogen and oxygen atoms in total. The van der Waals surface area contributed by atoms with Crippen molar-refractivity contribution in [3.05, 3.63) is 0 Å². The lowest BCUT2D eigenvalue weighted by atomic mass is 10.0. The highest BCUT2D eigenvalue weighted by Crippen LogP contribution is 2.12. The molecule has 0 aromatic rings. The van der Waals surface area contributed by atoms with Gasteiger partial charge >= 0.3 is 0 Å². The Morgan fingerprint density at radius 1 is 1.27 bits per heavy atom. The van der Waals surface area contributed by atoms with Gasteiger partial charge in [0.2, 0.25) is 0 Å². The first-order valence-corrected chi connectivity index (χ1v) is 6.08. The Kier molecular flexibility index (Phi) is 9.67. The number of hydrogen-bond acceptors (Lipinski definition) is 2. The Balaban J connectivity index is 4.16. The van der Waals surface area contributed by atoms with Crippen LogP contribution in [0.1, 0.15) is 46.5 Å². The van der Waals surface area contributed by atoms with Crippen molar-refractivity contribution in [2.24, 2.45) is 0 Å². The molecule has 0 radical (unpaired) electrons. The lowest BCUT2D eigenvalue weighted by Gasteiger charge is -2.27. The number of terminal acetylenes is 1. The summed E-state index contributed by atoms with van der Waals surface area (Å²) in [5.74, 6) is 2.70. The van der Waals surface area contributed by atoms with Crippen LogP contribution in [0.3, 0.4) is 0 Å². The van der Waals surface area contributed by atoms with Gasteiger partial charge in [0, 0.05) is 19.1 Å². The van der Waals surface area contributed by atoms with E-state index in [1.165, 1.54) is 0 Å². The molecule has 2 heteroatoms. The number of likely N-dealkylation sites (N-methyl/N-ethyl adjacent to an activating group) is 1. The van der Waals surface area contributed by atoms with Gasteiger partial charge in [0.05, 0.1) is 6.10 Å². The van der Waals surface area contributed by atoms with E-state index in [2.05, 4.69) is 25.1 Å². The first-order valence-electron chi connectivity index (χ1n) is 6.08. The van der Waals surface area contributed by atoms with Gasteiger partial charge in [0.1, 0.15) is 0 Å². The molecule has 0 aliphatic carbocycles. The average molecular weight is 211 g/mol. The highest BCUT2D eigenvalue weighted by atomic mass is 16.5. The molecule has 0 fully saturated rings. The second-order valence-electron chi connectivity index (χ2n) is 3.69. The number of ether oxygens (including phenoxy) is 1. The zero-order valence-electron chi connectivity index (χ0n) is 10.4. The predicted molar refractivity (Wildman–Crippen MR) is 65.9 cm³/mol. The minimum absolute atomic E-state index is 0.313. The van der Waals surface area contributed by atoms with Crippen LogP contribution in [-0.4, -0.2) is 25.3 Å². The molecule has 15 heavy (non-hydrogen) atoms. The minimum atomic E-state index is 0.313. The number of nitrogens with one attached hydrogen (secondary N) is 1. The van der Waals surface area contributed by atoms with Crippen LogP contribution < -0.4 is 5.32 Å². The van der Waals surface area contributed by atoms with E-state index >= 15 is 0 Å². The van der Waals surface area contributed by atoms with Crippen molar-refractivity contribution in [1.29, 1.82) is 0 Å². The first kappa shape index (κ1) is 14.5. The van der Waals surface area contributed by atoms with Gasteiger partial charge in [0.25, 0.3) is 0 Å². The molecule has 0 aromatic heterocycles. The fraction of sp³-hybridized carbons (Fsp3) is 0.846. The molecule has 0 amide bonds. The van der Waals surface area contributed by atoms with Crippen LogP contribution in [0, 0.1) is 12.3 Å². The molecule has 0 bridgehead atoms. The molecule has 0 aliphatic heterocycles. The fourth-order valence-electron chi connectivity index (χ4n) is 1.82. The van der Waals surface area contributed by atoms with Crippen molar-refractivity contribution in [1.82, 2.24) is 5.32 Å². The highest BCUT2D eigenvalue weighted by Gasteiger charge is 2.19. The molecule has 2 atom stereocenters. The lowest BCUT2D eigenvalue weighted by molar-refractivity contribution is 0.0267. The number of hydrogen-bond donors (Lipinski definition) is 1. The van der Waals surface area contributed by atoms with Crippen LogP contribution in [0.25, 0.3) is 0 Å². The monoisotopic (exact) mass is 211 g/mol. The highest BCUT2D eigenvalue weighted by molar-refractivity contribution is 4.88. The molecule has 2 unspecified atom stereocenters. The summed E-state index contributed by atoms with van der Waals surface area (Å²) in [5, 5.41) is 3.47. The molecule has 0 heterocycles. The van der Waals surface area contributed by atoms with Gasteiger partial charge in [-0.3, -0.25) is 0 Å². The van der Waals surface area contributed by atoms with E-state index in [0.717, 1.165) is 38.8 Å². The third kappa shape index (κ3) is 6.54. The third-order valence-corrected chi connectivity index (χ3v) is 2.47. The molecule has 0 saturated carbocycles. The summed E-state index contributed by atoms with van der Waals surface area (Å²) in [5.41, 5.74) is 0. The minimum Gasteiger partial charge on any atom is -0.377 e. The zero-order valence-corrected chi connectivity index (χ0v) is 10.4. The summed E-state index contributed by atoms with van der Waals surface area (Å²) in [6.07, 6.45) is 9.71. The third-order valence-electron chi connectivity index (χ3n) is 2.47. The van der Waals surface area contributed by atoms with Crippen LogP contribution >= 0.6 is 0 Å². The van der Waals surface area contributed by atoms with Crippen molar-refractivity contribution in [3.8, 4) is 12.3 Å².